The van der Waals surface area contributed by atoms with Gasteiger partial charge in [0.2, 0.25) is 17.7 Å². The number of rotatable bonds is 6. The molecule has 0 bridgehead atoms. The zero-order valence-electron chi connectivity index (χ0n) is 13.6. The average Bonchev–Trinajstić information content (AvgIpc) is 3.26. The van der Waals surface area contributed by atoms with E-state index < -0.39 is 0 Å². The first kappa shape index (κ1) is 16.1. The van der Waals surface area contributed by atoms with Gasteiger partial charge in [-0.3, -0.25) is 4.79 Å². The van der Waals surface area contributed by atoms with E-state index in [1.807, 2.05) is 20.2 Å². The molecule has 0 aliphatic heterocycles. The molecule has 0 spiro atoms. The lowest BCUT2D eigenvalue weighted by atomic mass is 10.1. The van der Waals surface area contributed by atoms with Crippen molar-refractivity contribution in [1.29, 1.82) is 0 Å². The van der Waals surface area contributed by atoms with Crippen LogP contribution in [-0.4, -0.2) is 33.0 Å². The maximum absolute atomic E-state index is 12.2. The van der Waals surface area contributed by atoms with E-state index in [-0.39, 0.29) is 5.91 Å². The normalized spacial score (nSPS) is 15.2. The lowest BCUT2D eigenvalue weighted by molar-refractivity contribution is -0.130. The number of carbonyl (C=O) groups is 1. The fourth-order valence-electron chi connectivity index (χ4n) is 2.91. The molecular weight excluding hydrogens is 312 g/mol. The van der Waals surface area contributed by atoms with Crippen LogP contribution < -0.4 is 0 Å². The Balaban J connectivity index is 1.48. The zero-order chi connectivity index (χ0) is 16.2. The van der Waals surface area contributed by atoms with E-state index in [0.29, 0.717) is 31.2 Å². The summed E-state index contributed by atoms with van der Waals surface area (Å²) in [4.78, 5) is 19.2. The Kier molecular flexibility index (Phi) is 5.05. The Morgan fingerprint density at radius 2 is 2.17 bits per heavy atom. The van der Waals surface area contributed by atoms with Gasteiger partial charge in [0.15, 0.2) is 0 Å². The standard InChI is InChI=1S/C16H22N4O2S/c1-11-17-9-13(23-11)10-20(2)15(21)8-7-14-18-19-16(22-14)12-5-3-4-6-12/h9,12H,3-8,10H2,1-2H3. The molecular formula is C16H22N4O2S. The summed E-state index contributed by atoms with van der Waals surface area (Å²) in [6.07, 6.45) is 7.47. The molecule has 6 nitrogen and oxygen atoms in total. The summed E-state index contributed by atoms with van der Waals surface area (Å²) < 4.78 is 5.72. The number of aromatic nitrogens is 3. The molecule has 1 amide bonds. The predicted molar refractivity (Wildman–Crippen MR) is 87.2 cm³/mol. The van der Waals surface area contributed by atoms with Crippen LogP contribution in [0, 0.1) is 6.92 Å². The van der Waals surface area contributed by atoms with Gasteiger partial charge in [-0.1, -0.05) is 12.8 Å². The molecule has 2 aromatic rings. The highest BCUT2D eigenvalue weighted by molar-refractivity contribution is 7.11. The summed E-state index contributed by atoms with van der Waals surface area (Å²) in [6.45, 7) is 2.56. The highest BCUT2D eigenvalue weighted by atomic mass is 32.1. The highest BCUT2D eigenvalue weighted by Crippen LogP contribution is 2.33. The lowest BCUT2D eigenvalue weighted by Crippen LogP contribution is -2.26. The van der Waals surface area contributed by atoms with Gasteiger partial charge < -0.3 is 9.32 Å². The van der Waals surface area contributed by atoms with Crippen LogP contribution in [0.4, 0.5) is 0 Å². The van der Waals surface area contributed by atoms with E-state index in [9.17, 15) is 4.79 Å². The second-order valence-electron chi connectivity index (χ2n) is 6.11. The van der Waals surface area contributed by atoms with Crippen molar-refractivity contribution in [2.75, 3.05) is 7.05 Å². The molecule has 1 aliphatic carbocycles. The summed E-state index contributed by atoms with van der Waals surface area (Å²) in [6, 6.07) is 0. The number of amides is 1. The lowest BCUT2D eigenvalue weighted by Gasteiger charge is -2.15. The third-order valence-corrected chi connectivity index (χ3v) is 5.13. The number of hydrogen-bond acceptors (Lipinski definition) is 6. The van der Waals surface area contributed by atoms with Crippen molar-refractivity contribution in [3.63, 3.8) is 0 Å². The van der Waals surface area contributed by atoms with Gasteiger partial charge in [-0.15, -0.1) is 21.5 Å². The van der Waals surface area contributed by atoms with Crippen LogP contribution in [0.3, 0.4) is 0 Å². The maximum atomic E-state index is 12.2. The van der Waals surface area contributed by atoms with Gasteiger partial charge in [0.1, 0.15) is 0 Å². The third-order valence-electron chi connectivity index (χ3n) is 4.23. The molecule has 0 radical (unpaired) electrons. The highest BCUT2D eigenvalue weighted by Gasteiger charge is 2.23. The van der Waals surface area contributed by atoms with E-state index in [1.165, 1.54) is 12.8 Å². The molecule has 124 valence electrons. The Labute approximate surface area is 139 Å². The monoisotopic (exact) mass is 334 g/mol. The second kappa shape index (κ2) is 7.21. The van der Waals surface area contributed by atoms with Crippen molar-refractivity contribution in [3.8, 4) is 0 Å². The van der Waals surface area contributed by atoms with Crippen LogP contribution in [-0.2, 0) is 17.8 Å². The average molecular weight is 334 g/mol. The molecule has 23 heavy (non-hydrogen) atoms. The van der Waals surface area contributed by atoms with Crippen LogP contribution in [0.1, 0.15) is 59.7 Å². The van der Waals surface area contributed by atoms with Crippen molar-refractivity contribution in [2.24, 2.45) is 0 Å². The van der Waals surface area contributed by atoms with Crippen LogP contribution in [0.5, 0.6) is 0 Å². The van der Waals surface area contributed by atoms with Crippen molar-refractivity contribution in [2.45, 2.75) is 57.9 Å². The Bertz CT molecular complexity index is 661. The summed E-state index contributed by atoms with van der Waals surface area (Å²) >= 11 is 1.62. The van der Waals surface area contributed by atoms with E-state index in [2.05, 4.69) is 15.2 Å². The summed E-state index contributed by atoms with van der Waals surface area (Å²) in [5.74, 6) is 1.82. The first-order chi connectivity index (χ1) is 11.1. The van der Waals surface area contributed by atoms with E-state index in [0.717, 1.165) is 28.6 Å². The van der Waals surface area contributed by atoms with Gasteiger partial charge in [-0.25, -0.2) is 4.98 Å². The molecule has 2 heterocycles. The molecule has 0 unspecified atom stereocenters. The van der Waals surface area contributed by atoms with Gasteiger partial charge in [0.25, 0.3) is 0 Å². The number of aryl methyl sites for hydroxylation is 2. The number of carbonyl (C=O) groups excluding carboxylic acids is 1. The van der Waals surface area contributed by atoms with Crippen molar-refractivity contribution >= 4 is 17.2 Å². The largest absolute Gasteiger partial charge is 0.425 e. The maximum Gasteiger partial charge on any atom is 0.223 e. The second-order valence-corrected chi connectivity index (χ2v) is 7.43. The fraction of sp³-hybridized carbons (Fsp3) is 0.625. The summed E-state index contributed by atoms with van der Waals surface area (Å²) in [7, 11) is 1.81. The molecule has 1 saturated carbocycles. The SMILES string of the molecule is Cc1ncc(CN(C)C(=O)CCc2nnc(C3CCCC3)o2)s1. The Hall–Kier alpha value is -1.76. The number of nitrogens with zero attached hydrogens (tertiary/aromatic N) is 4. The van der Waals surface area contributed by atoms with Gasteiger partial charge in [0.05, 0.1) is 11.6 Å². The van der Waals surface area contributed by atoms with Gasteiger partial charge in [0, 0.05) is 36.9 Å². The molecule has 0 atom stereocenters. The van der Waals surface area contributed by atoms with Gasteiger partial charge in [-0.05, 0) is 19.8 Å². The third kappa shape index (κ3) is 4.16. The zero-order valence-corrected chi connectivity index (χ0v) is 14.4. The number of thiazole rings is 1. The predicted octanol–water partition coefficient (Wildman–Crippen LogP) is 3.08. The smallest absolute Gasteiger partial charge is 0.223 e. The first-order valence-electron chi connectivity index (χ1n) is 8.09. The molecule has 3 rings (SSSR count). The molecule has 2 aromatic heterocycles. The van der Waals surface area contributed by atoms with E-state index in [1.54, 1.807) is 16.2 Å². The van der Waals surface area contributed by atoms with E-state index in [4.69, 9.17) is 4.42 Å². The first-order valence-corrected chi connectivity index (χ1v) is 8.91. The Morgan fingerprint density at radius 1 is 1.39 bits per heavy atom. The van der Waals surface area contributed by atoms with Gasteiger partial charge >= 0.3 is 0 Å². The molecule has 1 fully saturated rings. The fourth-order valence-corrected chi connectivity index (χ4v) is 3.76. The van der Waals surface area contributed by atoms with Crippen LogP contribution in [0.25, 0.3) is 0 Å². The van der Waals surface area contributed by atoms with E-state index >= 15 is 0 Å². The quantitative estimate of drug-likeness (QED) is 0.812. The van der Waals surface area contributed by atoms with Crippen LogP contribution >= 0.6 is 11.3 Å². The summed E-state index contributed by atoms with van der Waals surface area (Å²) in [5.41, 5.74) is 0. The minimum atomic E-state index is 0.0802. The van der Waals surface area contributed by atoms with Crippen LogP contribution in [0.2, 0.25) is 0 Å². The minimum absolute atomic E-state index is 0.0802. The van der Waals surface area contributed by atoms with Gasteiger partial charge in [-0.2, -0.15) is 0 Å². The summed E-state index contributed by atoms with van der Waals surface area (Å²) in [5, 5.41) is 9.25. The van der Waals surface area contributed by atoms with Crippen LogP contribution in [0.15, 0.2) is 10.6 Å². The molecule has 1 aliphatic rings. The van der Waals surface area contributed by atoms with Crippen molar-refractivity contribution < 1.29 is 9.21 Å². The van der Waals surface area contributed by atoms with Crippen molar-refractivity contribution in [1.82, 2.24) is 20.1 Å². The molecule has 0 N–H and O–H groups in total. The Morgan fingerprint density at radius 3 is 2.87 bits per heavy atom. The minimum Gasteiger partial charge on any atom is -0.425 e. The molecule has 0 saturated heterocycles. The van der Waals surface area contributed by atoms with Crippen molar-refractivity contribution in [3.05, 3.63) is 27.9 Å². The number of hydrogen-bond donors (Lipinski definition) is 0. The molecule has 0 aromatic carbocycles. The topological polar surface area (TPSA) is 72.1 Å². The molecule has 7 heteroatoms.